The Labute approximate surface area is 184 Å². The van der Waals surface area contributed by atoms with Gasteiger partial charge in [-0.2, -0.15) is 0 Å². The Kier molecular flexibility index (Phi) is 9.45. The van der Waals surface area contributed by atoms with Crippen LogP contribution in [-0.4, -0.2) is 60.5 Å². The first-order valence-corrected chi connectivity index (χ1v) is 9.90. The molecule has 0 spiro atoms. The predicted octanol–water partition coefficient (Wildman–Crippen LogP) is 2.06. The summed E-state index contributed by atoms with van der Waals surface area (Å²) in [5.41, 5.74) is 2.64. The van der Waals surface area contributed by atoms with Gasteiger partial charge in [-0.1, -0.05) is 48.0 Å². The van der Waals surface area contributed by atoms with Crippen LogP contribution in [0.25, 0.3) is 11.1 Å². The number of carboxylic acid groups (broad SMARTS) is 1. The highest BCUT2D eigenvalue weighted by Gasteiger charge is 2.25. The van der Waals surface area contributed by atoms with Gasteiger partial charge in [-0.25, -0.2) is 9.59 Å². The molecule has 0 heterocycles. The molecule has 8 nitrogen and oxygen atoms in total. The highest BCUT2D eigenvalue weighted by molar-refractivity contribution is 6.32. The van der Waals surface area contributed by atoms with Crippen LogP contribution in [0.2, 0.25) is 5.02 Å². The fourth-order valence-corrected chi connectivity index (χ4v) is 3.07. The summed E-state index contributed by atoms with van der Waals surface area (Å²) < 4.78 is 9.50. The second-order valence-electron chi connectivity index (χ2n) is 6.80. The van der Waals surface area contributed by atoms with Crippen LogP contribution in [0.3, 0.4) is 0 Å². The number of ether oxygens (including phenoxy) is 2. The largest absolute Gasteiger partial charge is 0.479 e. The van der Waals surface area contributed by atoms with Crippen molar-refractivity contribution in [3.63, 3.8) is 0 Å². The SMILES string of the molecule is COCCOC(=O)C(=O)N[C@H](Cc1ccc(-c2cccc(Cl)c2)cc1)C[C@@H](O)C(=O)O. The average Bonchev–Trinajstić information content (AvgIpc) is 2.74. The molecule has 31 heavy (non-hydrogen) atoms. The summed E-state index contributed by atoms with van der Waals surface area (Å²) in [4.78, 5) is 34.9. The number of aliphatic carboxylic acids is 1. The summed E-state index contributed by atoms with van der Waals surface area (Å²) >= 11 is 6.03. The predicted molar refractivity (Wildman–Crippen MR) is 114 cm³/mol. The Hall–Kier alpha value is -2.94. The third-order valence-corrected chi connectivity index (χ3v) is 4.66. The van der Waals surface area contributed by atoms with Crippen molar-refractivity contribution in [2.75, 3.05) is 20.3 Å². The maximum absolute atomic E-state index is 12.1. The van der Waals surface area contributed by atoms with Crippen LogP contribution in [0.1, 0.15) is 12.0 Å². The van der Waals surface area contributed by atoms with Gasteiger partial charge in [0.1, 0.15) is 6.61 Å². The third-order valence-electron chi connectivity index (χ3n) is 4.43. The highest BCUT2D eigenvalue weighted by Crippen LogP contribution is 2.23. The molecular formula is C22H24ClNO7. The minimum absolute atomic E-state index is 0.0872. The molecule has 0 aliphatic carbocycles. The van der Waals surface area contributed by atoms with Crippen molar-refractivity contribution < 1.29 is 34.1 Å². The van der Waals surface area contributed by atoms with Crippen LogP contribution in [0.5, 0.6) is 0 Å². The number of carboxylic acids is 1. The zero-order chi connectivity index (χ0) is 22.8. The molecule has 2 atom stereocenters. The first-order valence-electron chi connectivity index (χ1n) is 9.52. The van der Waals surface area contributed by atoms with E-state index in [4.69, 9.17) is 26.2 Å². The molecule has 1 amide bonds. The van der Waals surface area contributed by atoms with E-state index >= 15 is 0 Å². The van der Waals surface area contributed by atoms with E-state index in [1.54, 1.807) is 6.07 Å². The van der Waals surface area contributed by atoms with Crippen molar-refractivity contribution in [1.29, 1.82) is 0 Å². The molecule has 0 unspecified atom stereocenters. The molecule has 0 aromatic heterocycles. The normalized spacial score (nSPS) is 12.6. The number of hydrogen-bond donors (Lipinski definition) is 3. The van der Waals surface area contributed by atoms with Gasteiger partial charge in [0.15, 0.2) is 6.10 Å². The van der Waals surface area contributed by atoms with Gasteiger partial charge in [0, 0.05) is 24.6 Å². The Bertz CT molecular complexity index is 901. The van der Waals surface area contributed by atoms with Gasteiger partial charge < -0.3 is 25.0 Å². The first kappa shape index (κ1) is 24.3. The molecule has 0 radical (unpaired) electrons. The molecule has 3 N–H and O–H groups in total. The summed E-state index contributed by atoms with van der Waals surface area (Å²) in [7, 11) is 1.43. The Morgan fingerprint density at radius 3 is 2.39 bits per heavy atom. The fraction of sp³-hybridized carbons (Fsp3) is 0.318. The van der Waals surface area contributed by atoms with Crippen molar-refractivity contribution in [3.8, 4) is 11.1 Å². The lowest BCUT2D eigenvalue weighted by Gasteiger charge is -2.20. The van der Waals surface area contributed by atoms with E-state index in [-0.39, 0.29) is 26.1 Å². The maximum Gasteiger partial charge on any atom is 0.396 e. The van der Waals surface area contributed by atoms with Crippen LogP contribution in [0.4, 0.5) is 0 Å². The van der Waals surface area contributed by atoms with Crippen LogP contribution < -0.4 is 5.32 Å². The van der Waals surface area contributed by atoms with E-state index < -0.39 is 30.0 Å². The molecular weight excluding hydrogens is 426 g/mol. The second kappa shape index (κ2) is 12.0. The van der Waals surface area contributed by atoms with Crippen molar-refractivity contribution >= 4 is 29.4 Å². The van der Waals surface area contributed by atoms with Gasteiger partial charge in [-0.15, -0.1) is 0 Å². The van der Waals surface area contributed by atoms with Crippen molar-refractivity contribution in [1.82, 2.24) is 5.32 Å². The molecule has 0 aliphatic heterocycles. The number of hydrogen-bond acceptors (Lipinski definition) is 6. The molecule has 166 valence electrons. The van der Waals surface area contributed by atoms with Crippen molar-refractivity contribution in [2.24, 2.45) is 0 Å². The van der Waals surface area contributed by atoms with Gasteiger partial charge in [-0.05, 0) is 35.2 Å². The molecule has 0 bridgehead atoms. The zero-order valence-corrected chi connectivity index (χ0v) is 17.7. The summed E-state index contributed by atoms with van der Waals surface area (Å²) in [6, 6.07) is 13.9. The number of esters is 1. The van der Waals surface area contributed by atoms with Crippen molar-refractivity contribution in [2.45, 2.75) is 25.0 Å². The lowest BCUT2D eigenvalue weighted by Crippen LogP contribution is -2.44. The molecule has 0 saturated carbocycles. The quantitative estimate of drug-likeness (QED) is 0.288. The minimum Gasteiger partial charge on any atom is -0.479 e. The number of carbonyl (C=O) groups excluding carboxylic acids is 2. The van der Waals surface area contributed by atoms with Crippen molar-refractivity contribution in [3.05, 3.63) is 59.1 Å². The van der Waals surface area contributed by atoms with Crippen LogP contribution in [0.15, 0.2) is 48.5 Å². The number of rotatable bonds is 10. The first-order chi connectivity index (χ1) is 14.8. The average molecular weight is 450 g/mol. The number of aliphatic hydroxyl groups is 1. The molecule has 2 aromatic carbocycles. The van der Waals surface area contributed by atoms with E-state index in [1.807, 2.05) is 42.5 Å². The molecule has 0 fully saturated rings. The number of carbonyl (C=O) groups is 3. The topological polar surface area (TPSA) is 122 Å². The van der Waals surface area contributed by atoms with Gasteiger partial charge in [0.2, 0.25) is 0 Å². The van der Waals surface area contributed by atoms with E-state index in [9.17, 15) is 19.5 Å². The number of methoxy groups -OCH3 is 1. The highest BCUT2D eigenvalue weighted by atomic mass is 35.5. The minimum atomic E-state index is -1.69. The molecule has 2 aromatic rings. The summed E-state index contributed by atoms with van der Waals surface area (Å²) in [5, 5.41) is 21.8. The Morgan fingerprint density at radius 2 is 1.77 bits per heavy atom. The van der Waals surface area contributed by atoms with Gasteiger partial charge >= 0.3 is 17.8 Å². The Balaban J connectivity index is 2.08. The van der Waals surface area contributed by atoms with Gasteiger partial charge in [-0.3, -0.25) is 4.79 Å². The van der Waals surface area contributed by atoms with Crippen LogP contribution >= 0.6 is 11.6 Å². The van der Waals surface area contributed by atoms with E-state index in [0.29, 0.717) is 5.02 Å². The third kappa shape index (κ3) is 8.01. The summed E-state index contributed by atoms with van der Waals surface area (Å²) in [6.07, 6.45) is -1.76. The smallest absolute Gasteiger partial charge is 0.396 e. The molecule has 0 saturated heterocycles. The number of amides is 1. The molecule has 2 rings (SSSR count). The maximum atomic E-state index is 12.1. The number of nitrogens with one attached hydrogen (secondary N) is 1. The lowest BCUT2D eigenvalue weighted by atomic mass is 9.98. The number of halogens is 1. The summed E-state index contributed by atoms with van der Waals surface area (Å²) in [5.74, 6) is -3.55. The zero-order valence-electron chi connectivity index (χ0n) is 16.9. The number of aliphatic hydroxyl groups excluding tert-OH is 1. The van der Waals surface area contributed by atoms with Crippen LogP contribution in [-0.2, 0) is 30.3 Å². The second-order valence-corrected chi connectivity index (χ2v) is 7.24. The monoisotopic (exact) mass is 449 g/mol. The van der Waals surface area contributed by atoms with E-state index in [1.165, 1.54) is 7.11 Å². The van der Waals surface area contributed by atoms with Crippen LogP contribution in [0, 0.1) is 0 Å². The standard InChI is InChI=1S/C22H24ClNO7/c1-30-9-10-31-22(29)20(26)24-18(13-19(25)21(27)28)11-14-5-7-15(8-6-14)16-3-2-4-17(23)12-16/h2-8,12,18-19,25H,9-11,13H2,1H3,(H,24,26)(H,27,28)/t18-,19-/m1/s1. The van der Waals surface area contributed by atoms with E-state index in [0.717, 1.165) is 16.7 Å². The van der Waals surface area contributed by atoms with E-state index in [2.05, 4.69) is 5.32 Å². The van der Waals surface area contributed by atoms with Gasteiger partial charge in [0.25, 0.3) is 0 Å². The fourth-order valence-electron chi connectivity index (χ4n) is 2.88. The Morgan fingerprint density at radius 1 is 1.06 bits per heavy atom. The van der Waals surface area contributed by atoms with Gasteiger partial charge in [0.05, 0.1) is 6.61 Å². The molecule has 9 heteroatoms. The number of benzene rings is 2. The summed E-state index contributed by atoms with van der Waals surface area (Å²) in [6.45, 7) is 0.0509. The lowest BCUT2D eigenvalue weighted by molar-refractivity contribution is -0.156. The molecule has 0 aliphatic rings.